The van der Waals surface area contributed by atoms with Gasteiger partial charge in [-0.1, -0.05) is 188 Å². The predicted molar refractivity (Wildman–Crippen MR) is 261 cm³/mol. The fourth-order valence-electron chi connectivity index (χ4n) is 10.0. The molecule has 0 amide bonds. The Hall–Kier alpha value is -8.25. The first-order valence-corrected chi connectivity index (χ1v) is 21.3. The summed E-state index contributed by atoms with van der Waals surface area (Å²) in [6.07, 6.45) is 0. The molecule has 2 nitrogen and oxygen atoms in total. The van der Waals surface area contributed by atoms with Gasteiger partial charge in [0.05, 0.1) is 11.6 Å². The third-order valence-corrected chi connectivity index (χ3v) is 12.9. The molecule has 11 aromatic rings. The van der Waals surface area contributed by atoms with E-state index in [9.17, 15) is 5.26 Å². The minimum absolute atomic E-state index is 0.708. The number of nitrogens with zero attached hydrogens (tertiary/aromatic N) is 2. The van der Waals surface area contributed by atoms with Gasteiger partial charge in [0.15, 0.2) is 0 Å². The molecular weight excluding hydrogens is 749 g/mol. The standard InChI is InChI=1S/C60H38N2/c61-37-46-28-29-47-38-62(48-16-8-3-9-17-48)56-35-34-49(53-33-32-50(46)59(47)60(53)56)45-30-31-54-55(36-45)58(44-26-22-42(23-27-44)40-14-6-2-7-15-40)52-19-11-10-18-51(52)57(54)43-24-20-41(21-25-43)39-12-4-1-5-13-39/h1-36H,38H2. The van der Waals surface area contributed by atoms with Crippen LogP contribution in [0.5, 0.6) is 0 Å². The molecule has 2 heteroatoms. The fraction of sp³-hybridized carbons (Fsp3) is 0.0167. The van der Waals surface area contributed by atoms with Crippen molar-refractivity contribution < 1.29 is 0 Å². The van der Waals surface area contributed by atoms with Crippen LogP contribution in [0.1, 0.15) is 11.1 Å². The lowest BCUT2D eigenvalue weighted by atomic mass is 9.83. The van der Waals surface area contributed by atoms with E-state index in [1.807, 2.05) is 6.07 Å². The summed E-state index contributed by atoms with van der Waals surface area (Å²) in [6, 6.07) is 81.6. The highest BCUT2D eigenvalue weighted by molar-refractivity contribution is 6.24. The molecule has 1 aliphatic heterocycles. The number of hydrogen-bond acceptors (Lipinski definition) is 2. The number of fused-ring (bicyclic) bond motifs is 2. The topological polar surface area (TPSA) is 27.0 Å². The van der Waals surface area contributed by atoms with Gasteiger partial charge in [-0.2, -0.15) is 5.26 Å². The number of nitriles is 1. The number of hydrogen-bond donors (Lipinski definition) is 0. The summed E-state index contributed by atoms with van der Waals surface area (Å²) < 4.78 is 0. The Labute approximate surface area is 360 Å². The van der Waals surface area contributed by atoms with Gasteiger partial charge < -0.3 is 4.90 Å². The summed E-state index contributed by atoms with van der Waals surface area (Å²) in [5.74, 6) is 0. The maximum absolute atomic E-state index is 10.2. The predicted octanol–water partition coefficient (Wildman–Crippen LogP) is 16.2. The molecule has 62 heavy (non-hydrogen) atoms. The zero-order valence-corrected chi connectivity index (χ0v) is 33.9. The zero-order chi connectivity index (χ0) is 41.1. The number of rotatable bonds is 6. The second-order valence-corrected chi connectivity index (χ2v) is 16.3. The molecule has 1 aliphatic rings. The molecule has 0 atom stereocenters. The van der Waals surface area contributed by atoms with E-state index in [0.29, 0.717) is 5.56 Å². The van der Waals surface area contributed by atoms with Crippen LogP contribution < -0.4 is 4.90 Å². The quantitative estimate of drug-likeness (QED) is 0.124. The van der Waals surface area contributed by atoms with Crippen molar-refractivity contribution >= 4 is 54.5 Å². The second kappa shape index (κ2) is 14.5. The molecule has 288 valence electrons. The molecule has 1 heterocycles. The highest BCUT2D eigenvalue weighted by atomic mass is 15.1. The molecule has 0 unspecified atom stereocenters. The van der Waals surface area contributed by atoms with Crippen LogP contribution in [0, 0.1) is 11.3 Å². The Morgan fingerprint density at radius 1 is 0.355 bits per heavy atom. The average molecular weight is 787 g/mol. The first-order chi connectivity index (χ1) is 30.7. The maximum atomic E-state index is 10.2. The van der Waals surface area contributed by atoms with Crippen molar-refractivity contribution in [1.82, 2.24) is 0 Å². The summed E-state index contributed by atoms with van der Waals surface area (Å²) in [7, 11) is 0. The highest BCUT2D eigenvalue weighted by Crippen LogP contribution is 2.49. The molecule has 11 aromatic carbocycles. The minimum Gasteiger partial charge on any atom is -0.336 e. The second-order valence-electron chi connectivity index (χ2n) is 16.3. The molecule has 0 N–H and O–H groups in total. The van der Waals surface area contributed by atoms with Crippen LogP contribution in [0.25, 0.3) is 98.7 Å². The van der Waals surface area contributed by atoms with Crippen LogP contribution in [0.2, 0.25) is 0 Å². The van der Waals surface area contributed by atoms with Crippen molar-refractivity contribution in [3.63, 3.8) is 0 Å². The van der Waals surface area contributed by atoms with E-state index < -0.39 is 0 Å². The summed E-state index contributed by atoms with van der Waals surface area (Å²) in [5.41, 5.74) is 16.2. The molecular formula is C60H38N2. The van der Waals surface area contributed by atoms with E-state index in [4.69, 9.17) is 0 Å². The van der Waals surface area contributed by atoms with Gasteiger partial charge in [-0.05, 0) is 124 Å². The normalized spacial score (nSPS) is 12.1. The summed E-state index contributed by atoms with van der Waals surface area (Å²) in [6.45, 7) is 0.738. The van der Waals surface area contributed by atoms with Gasteiger partial charge in [0.25, 0.3) is 0 Å². The van der Waals surface area contributed by atoms with Gasteiger partial charge in [-0.15, -0.1) is 0 Å². The fourth-order valence-corrected chi connectivity index (χ4v) is 10.0. The van der Waals surface area contributed by atoms with Crippen molar-refractivity contribution in [2.75, 3.05) is 4.90 Å². The lowest BCUT2D eigenvalue weighted by Crippen LogP contribution is -2.20. The number of benzene rings is 11. The lowest BCUT2D eigenvalue weighted by Gasteiger charge is -2.32. The monoisotopic (exact) mass is 786 g/mol. The third kappa shape index (κ3) is 5.71. The summed E-state index contributed by atoms with van der Waals surface area (Å²) in [5, 5.41) is 19.7. The first-order valence-electron chi connectivity index (χ1n) is 21.3. The van der Waals surface area contributed by atoms with Crippen molar-refractivity contribution in [1.29, 1.82) is 5.26 Å². The average Bonchev–Trinajstić information content (AvgIpc) is 3.35. The van der Waals surface area contributed by atoms with E-state index in [2.05, 4.69) is 223 Å². The van der Waals surface area contributed by atoms with Gasteiger partial charge in [-0.3, -0.25) is 0 Å². The van der Waals surface area contributed by atoms with Crippen LogP contribution in [-0.2, 0) is 6.54 Å². The van der Waals surface area contributed by atoms with Crippen LogP contribution in [0.15, 0.2) is 218 Å². The molecule has 12 rings (SSSR count). The highest BCUT2D eigenvalue weighted by Gasteiger charge is 2.25. The molecule has 0 radical (unpaired) electrons. The van der Waals surface area contributed by atoms with Crippen LogP contribution in [0.4, 0.5) is 11.4 Å². The van der Waals surface area contributed by atoms with E-state index in [1.54, 1.807) is 0 Å². The Morgan fingerprint density at radius 3 is 1.45 bits per heavy atom. The van der Waals surface area contributed by atoms with Gasteiger partial charge in [0, 0.05) is 28.7 Å². The zero-order valence-electron chi connectivity index (χ0n) is 33.9. The summed E-state index contributed by atoms with van der Waals surface area (Å²) in [4.78, 5) is 2.42. The van der Waals surface area contributed by atoms with Gasteiger partial charge in [0.1, 0.15) is 0 Å². The lowest BCUT2D eigenvalue weighted by molar-refractivity contribution is 0.982. The van der Waals surface area contributed by atoms with Gasteiger partial charge in [0.2, 0.25) is 0 Å². The van der Waals surface area contributed by atoms with Crippen LogP contribution in [0.3, 0.4) is 0 Å². The largest absolute Gasteiger partial charge is 0.336 e. The van der Waals surface area contributed by atoms with E-state index >= 15 is 0 Å². The van der Waals surface area contributed by atoms with E-state index in [-0.39, 0.29) is 0 Å². The van der Waals surface area contributed by atoms with Gasteiger partial charge in [-0.25, -0.2) is 0 Å². The molecule has 0 saturated carbocycles. The van der Waals surface area contributed by atoms with Crippen molar-refractivity contribution in [3.8, 4) is 61.7 Å². The maximum Gasteiger partial charge on any atom is 0.0998 e. The molecule has 0 bridgehead atoms. The van der Waals surface area contributed by atoms with E-state index in [0.717, 1.165) is 28.9 Å². The Kier molecular flexibility index (Phi) is 8.34. The molecule has 0 spiro atoms. The number of anilines is 2. The Balaban J connectivity index is 1.12. The smallest absolute Gasteiger partial charge is 0.0998 e. The van der Waals surface area contributed by atoms with Crippen molar-refractivity contribution in [3.05, 3.63) is 230 Å². The molecule has 0 aromatic heterocycles. The first kappa shape index (κ1) is 35.7. The number of para-hydroxylation sites is 1. The minimum atomic E-state index is 0.708. The molecule has 0 saturated heterocycles. The van der Waals surface area contributed by atoms with Crippen molar-refractivity contribution in [2.24, 2.45) is 0 Å². The van der Waals surface area contributed by atoms with Gasteiger partial charge >= 0.3 is 0 Å². The molecule has 0 aliphatic carbocycles. The van der Waals surface area contributed by atoms with E-state index in [1.165, 1.54) is 93.3 Å². The third-order valence-electron chi connectivity index (χ3n) is 12.9. The Morgan fingerprint density at radius 2 is 0.839 bits per heavy atom. The summed E-state index contributed by atoms with van der Waals surface area (Å²) >= 11 is 0. The van der Waals surface area contributed by atoms with Crippen LogP contribution in [-0.4, -0.2) is 0 Å². The molecule has 0 fully saturated rings. The Bertz CT molecular complexity index is 3570. The van der Waals surface area contributed by atoms with Crippen molar-refractivity contribution in [2.45, 2.75) is 6.54 Å². The van der Waals surface area contributed by atoms with Crippen LogP contribution >= 0.6 is 0 Å². The SMILES string of the molecule is N#Cc1ccc2c3c1ccc1c(-c4ccc5c(-c6ccc(-c7ccccc7)cc6)c6ccccc6c(-c6ccc(-c7ccccc7)cc6)c5c4)ccc(c13)N(c1ccccc1)C2.